The van der Waals surface area contributed by atoms with Crippen molar-refractivity contribution in [3.05, 3.63) is 34.9 Å². The molecule has 0 spiro atoms. The number of halogens is 2. The second kappa shape index (κ2) is 9.29. The molecule has 3 N–H and O–H groups in total. The molecule has 3 nitrogen and oxygen atoms in total. The molecule has 2 rings (SSSR count). The standard InChI is InChI=1S/C16H23ClN2O.ClH/c17-14-8-5-12(6-9-14)7-10-16(20)19-15-4-2-1-3-13(15)11-18;/h5-6,8-9,13,15H,1-4,7,10-11,18H2,(H,19,20);1H. The molecule has 5 heteroatoms. The summed E-state index contributed by atoms with van der Waals surface area (Å²) in [5, 5.41) is 3.88. The fraction of sp³-hybridized carbons (Fsp3) is 0.562. The summed E-state index contributed by atoms with van der Waals surface area (Å²) in [4.78, 5) is 12.0. The number of amides is 1. The largest absolute Gasteiger partial charge is 0.353 e. The maximum absolute atomic E-state index is 12.0. The van der Waals surface area contributed by atoms with E-state index in [2.05, 4.69) is 5.32 Å². The molecule has 1 fully saturated rings. The van der Waals surface area contributed by atoms with Crippen molar-refractivity contribution in [2.45, 2.75) is 44.6 Å². The van der Waals surface area contributed by atoms with E-state index >= 15 is 0 Å². The summed E-state index contributed by atoms with van der Waals surface area (Å²) in [6.07, 6.45) is 5.91. The van der Waals surface area contributed by atoms with Gasteiger partial charge >= 0.3 is 0 Å². The Hall–Kier alpha value is -0.770. The summed E-state index contributed by atoms with van der Waals surface area (Å²) in [6, 6.07) is 7.94. The molecule has 0 heterocycles. The second-order valence-corrected chi connectivity index (χ2v) is 6.02. The Morgan fingerprint density at radius 2 is 1.90 bits per heavy atom. The topological polar surface area (TPSA) is 55.1 Å². The molecule has 0 aromatic heterocycles. The Bertz CT molecular complexity index is 436. The van der Waals surface area contributed by atoms with Crippen LogP contribution in [0.4, 0.5) is 0 Å². The molecule has 1 amide bonds. The van der Waals surface area contributed by atoms with Gasteiger partial charge in [0.25, 0.3) is 0 Å². The zero-order chi connectivity index (χ0) is 14.4. The van der Waals surface area contributed by atoms with Gasteiger partial charge in [0.15, 0.2) is 0 Å². The van der Waals surface area contributed by atoms with Crippen LogP contribution < -0.4 is 11.1 Å². The smallest absolute Gasteiger partial charge is 0.220 e. The average Bonchev–Trinajstić information content (AvgIpc) is 2.47. The molecule has 118 valence electrons. The molecule has 0 bridgehead atoms. The van der Waals surface area contributed by atoms with Gasteiger partial charge in [-0.05, 0) is 49.4 Å². The van der Waals surface area contributed by atoms with Crippen LogP contribution in [0.3, 0.4) is 0 Å². The third kappa shape index (κ3) is 5.85. The van der Waals surface area contributed by atoms with Crippen molar-refractivity contribution in [2.24, 2.45) is 11.7 Å². The number of benzene rings is 1. The minimum atomic E-state index is 0. The molecule has 1 aliphatic rings. The summed E-state index contributed by atoms with van der Waals surface area (Å²) in [6.45, 7) is 0.669. The lowest BCUT2D eigenvalue weighted by atomic mass is 9.84. The zero-order valence-corrected chi connectivity index (χ0v) is 13.8. The first-order chi connectivity index (χ1) is 9.69. The minimum Gasteiger partial charge on any atom is -0.353 e. The minimum absolute atomic E-state index is 0. The van der Waals surface area contributed by atoms with E-state index in [1.165, 1.54) is 12.8 Å². The lowest BCUT2D eigenvalue weighted by Gasteiger charge is -2.31. The maximum atomic E-state index is 12.0. The van der Waals surface area contributed by atoms with Gasteiger partial charge in [-0.3, -0.25) is 4.79 Å². The van der Waals surface area contributed by atoms with Crippen molar-refractivity contribution < 1.29 is 4.79 Å². The van der Waals surface area contributed by atoms with E-state index in [1.54, 1.807) is 0 Å². The molecule has 1 aromatic carbocycles. The quantitative estimate of drug-likeness (QED) is 0.869. The molecule has 0 aliphatic heterocycles. The van der Waals surface area contributed by atoms with Gasteiger partial charge in [-0.1, -0.05) is 36.6 Å². The second-order valence-electron chi connectivity index (χ2n) is 5.58. The highest BCUT2D eigenvalue weighted by molar-refractivity contribution is 6.30. The first kappa shape index (κ1) is 18.3. The van der Waals surface area contributed by atoms with E-state index in [0.717, 1.165) is 29.8 Å². The van der Waals surface area contributed by atoms with E-state index in [1.807, 2.05) is 24.3 Å². The highest BCUT2D eigenvalue weighted by Gasteiger charge is 2.24. The summed E-state index contributed by atoms with van der Waals surface area (Å²) in [5.41, 5.74) is 6.93. The fourth-order valence-corrected chi connectivity index (χ4v) is 2.99. The van der Waals surface area contributed by atoms with E-state index in [-0.39, 0.29) is 24.4 Å². The number of aryl methyl sites for hydroxylation is 1. The normalized spacial score (nSPS) is 21.4. The van der Waals surface area contributed by atoms with Crippen LogP contribution in [0.1, 0.15) is 37.7 Å². The molecule has 2 atom stereocenters. The van der Waals surface area contributed by atoms with Gasteiger partial charge in [0.05, 0.1) is 0 Å². The summed E-state index contributed by atoms with van der Waals surface area (Å²) >= 11 is 5.84. The van der Waals surface area contributed by atoms with E-state index in [0.29, 0.717) is 18.9 Å². The van der Waals surface area contributed by atoms with Crippen LogP contribution in [-0.4, -0.2) is 18.5 Å². The highest BCUT2D eigenvalue weighted by atomic mass is 35.5. The molecule has 0 radical (unpaired) electrons. The fourth-order valence-electron chi connectivity index (χ4n) is 2.87. The molecule has 21 heavy (non-hydrogen) atoms. The third-order valence-corrected chi connectivity index (χ3v) is 4.36. The van der Waals surface area contributed by atoms with Crippen molar-refractivity contribution in [1.82, 2.24) is 5.32 Å². The SMILES string of the molecule is Cl.NCC1CCCCC1NC(=O)CCc1ccc(Cl)cc1. The molecular weight excluding hydrogens is 307 g/mol. The molecule has 1 aromatic rings. The summed E-state index contributed by atoms with van der Waals surface area (Å²) in [7, 11) is 0. The van der Waals surface area contributed by atoms with Crippen LogP contribution in [0.5, 0.6) is 0 Å². The van der Waals surface area contributed by atoms with Crippen molar-refractivity contribution in [3.8, 4) is 0 Å². The summed E-state index contributed by atoms with van der Waals surface area (Å²) < 4.78 is 0. The van der Waals surface area contributed by atoms with Crippen LogP contribution in [-0.2, 0) is 11.2 Å². The Balaban J connectivity index is 0.00000220. The number of hydrogen-bond donors (Lipinski definition) is 2. The molecule has 1 aliphatic carbocycles. The van der Waals surface area contributed by atoms with Crippen LogP contribution in [0.15, 0.2) is 24.3 Å². The maximum Gasteiger partial charge on any atom is 0.220 e. The average molecular weight is 331 g/mol. The van der Waals surface area contributed by atoms with Gasteiger partial charge in [-0.25, -0.2) is 0 Å². The van der Waals surface area contributed by atoms with Crippen LogP contribution in [0.2, 0.25) is 5.02 Å². The number of hydrogen-bond acceptors (Lipinski definition) is 2. The number of nitrogens with two attached hydrogens (primary N) is 1. The van der Waals surface area contributed by atoms with Crippen molar-refractivity contribution in [2.75, 3.05) is 6.54 Å². The predicted molar refractivity (Wildman–Crippen MR) is 90.0 cm³/mol. The molecular formula is C16H24Cl2N2O. The van der Waals surface area contributed by atoms with Gasteiger partial charge in [-0.2, -0.15) is 0 Å². The van der Waals surface area contributed by atoms with Crippen LogP contribution in [0, 0.1) is 5.92 Å². The number of carbonyl (C=O) groups is 1. The lowest BCUT2D eigenvalue weighted by Crippen LogP contribution is -2.44. The van der Waals surface area contributed by atoms with Gasteiger partial charge in [-0.15, -0.1) is 12.4 Å². The third-order valence-electron chi connectivity index (χ3n) is 4.11. The lowest BCUT2D eigenvalue weighted by molar-refractivity contribution is -0.122. The van der Waals surface area contributed by atoms with Gasteiger partial charge in [0.1, 0.15) is 0 Å². The number of nitrogens with one attached hydrogen (secondary N) is 1. The molecule has 1 saturated carbocycles. The monoisotopic (exact) mass is 330 g/mol. The number of carbonyl (C=O) groups excluding carboxylic acids is 1. The van der Waals surface area contributed by atoms with Crippen molar-refractivity contribution >= 4 is 29.9 Å². The molecule has 0 saturated heterocycles. The van der Waals surface area contributed by atoms with Gasteiger partial charge in [0.2, 0.25) is 5.91 Å². The zero-order valence-electron chi connectivity index (χ0n) is 12.2. The Labute approximate surface area is 138 Å². The predicted octanol–water partition coefficient (Wildman–Crippen LogP) is 3.33. The van der Waals surface area contributed by atoms with Crippen LogP contribution in [0.25, 0.3) is 0 Å². The Kier molecular flexibility index (Phi) is 8.09. The van der Waals surface area contributed by atoms with E-state index in [9.17, 15) is 4.79 Å². The van der Waals surface area contributed by atoms with Crippen molar-refractivity contribution in [1.29, 1.82) is 0 Å². The number of rotatable bonds is 5. The Morgan fingerprint density at radius 3 is 2.57 bits per heavy atom. The first-order valence-electron chi connectivity index (χ1n) is 7.43. The molecule has 2 unspecified atom stereocenters. The summed E-state index contributed by atoms with van der Waals surface area (Å²) in [5.74, 6) is 0.577. The van der Waals surface area contributed by atoms with Gasteiger partial charge < -0.3 is 11.1 Å². The first-order valence-corrected chi connectivity index (χ1v) is 7.80. The van der Waals surface area contributed by atoms with Crippen LogP contribution >= 0.6 is 24.0 Å². The van der Waals surface area contributed by atoms with Crippen molar-refractivity contribution in [3.63, 3.8) is 0 Å². The Morgan fingerprint density at radius 1 is 1.24 bits per heavy atom. The van der Waals surface area contributed by atoms with Gasteiger partial charge in [0, 0.05) is 17.5 Å². The van der Waals surface area contributed by atoms with E-state index < -0.39 is 0 Å². The van der Waals surface area contributed by atoms with E-state index in [4.69, 9.17) is 17.3 Å². The highest BCUT2D eigenvalue weighted by Crippen LogP contribution is 2.23.